The molecule has 0 atom stereocenters. The first kappa shape index (κ1) is 10.8. The number of rotatable bonds is 2. The van der Waals surface area contributed by atoms with Gasteiger partial charge < -0.3 is 5.11 Å². The molecule has 0 saturated heterocycles. The van der Waals surface area contributed by atoms with Crippen LogP contribution >= 0.6 is 0 Å². The van der Waals surface area contributed by atoms with Crippen LogP contribution in [0.1, 0.15) is 5.56 Å². The average Bonchev–Trinajstić information content (AvgIpc) is 2.14. The zero-order chi connectivity index (χ0) is 10.6. The lowest BCUT2D eigenvalue weighted by molar-refractivity contribution is -0.0964. The molecule has 0 spiro atoms. The fourth-order valence-corrected chi connectivity index (χ4v) is 0.968. The van der Waals surface area contributed by atoms with Gasteiger partial charge in [-0.05, 0) is 11.6 Å². The third-order valence-electron chi connectivity index (χ3n) is 1.67. The van der Waals surface area contributed by atoms with Gasteiger partial charge in [0, 0.05) is 0 Å². The second kappa shape index (κ2) is 4.28. The molecule has 0 aliphatic heterocycles. The zero-order valence-corrected chi connectivity index (χ0v) is 7.25. The number of hydrogen-bond acceptors (Lipinski definition) is 1. The van der Waals surface area contributed by atoms with Gasteiger partial charge in [-0.2, -0.15) is 13.2 Å². The Balaban J connectivity index is 2.96. The Labute approximate surface area is 79.5 Å². The average molecular weight is 202 g/mol. The summed E-state index contributed by atoms with van der Waals surface area (Å²) >= 11 is 0. The second-order valence-corrected chi connectivity index (χ2v) is 2.74. The minimum absolute atomic E-state index is 0.425. The van der Waals surface area contributed by atoms with E-state index in [-0.39, 0.29) is 0 Å². The van der Waals surface area contributed by atoms with Crippen molar-refractivity contribution in [3.05, 3.63) is 41.5 Å². The fourth-order valence-electron chi connectivity index (χ4n) is 0.968. The molecule has 1 nitrogen and oxygen atoms in total. The molecule has 1 N–H and O–H groups in total. The Morgan fingerprint density at radius 1 is 1.21 bits per heavy atom. The summed E-state index contributed by atoms with van der Waals surface area (Å²) in [5.74, 6) is 0. The van der Waals surface area contributed by atoms with Crippen LogP contribution in [0.25, 0.3) is 6.08 Å². The van der Waals surface area contributed by atoms with Crippen molar-refractivity contribution < 1.29 is 18.3 Å². The molecule has 0 heterocycles. The normalized spacial score (nSPS) is 13.0. The predicted molar refractivity (Wildman–Crippen MR) is 47.6 cm³/mol. The third kappa shape index (κ3) is 2.88. The minimum atomic E-state index is -4.47. The third-order valence-corrected chi connectivity index (χ3v) is 1.67. The van der Waals surface area contributed by atoms with Crippen molar-refractivity contribution in [3.8, 4) is 0 Å². The Morgan fingerprint density at radius 3 is 2.21 bits per heavy atom. The molecule has 0 aliphatic carbocycles. The maximum Gasteiger partial charge on any atom is 0.414 e. The van der Waals surface area contributed by atoms with Gasteiger partial charge in [0.1, 0.15) is 0 Å². The first-order valence-electron chi connectivity index (χ1n) is 3.97. The summed E-state index contributed by atoms with van der Waals surface area (Å²) in [4.78, 5) is 0. The summed E-state index contributed by atoms with van der Waals surface area (Å²) in [5, 5.41) is 8.53. The van der Waals surface area contributed by atoms with Gasteiger partial charge in [0.25, 0.3) is 0 Å². The predicted octanol–water partition coefficient (Wildman–Crippen LogP) is 2.62. The molecule has 1 aromatic carbocycles. The van der Waals surface area contributed by atoms with Crippen LogP contribution in [0.4, 0.5) is 13.2 Å². The van der Waals surface area contributed by atoms with Crippen LogP contribution in [-0.4, -0.2) is 17.9 Å². The molecule has 0 fully saturated rings. The van der Waals surface area contributed by atoms with Gasteiger partial charge >= 0.3 is 6.18 Å². The van der Waals surface area contributed by atoms with Crippen LogP contribution in [0.15, 0.2) is 35.9 Å². The van der Waals surface area contributed by atoms with Crippen LogP contribution < -0.4 is 0 Å². The van der Waals surface area contributed by atoms with E-state index in [1.165, 1.54) is 0 Å². The maximum atomic E-state index is 12.2. The lowest BCUT2D eigenvalue weighted by Gasteiger charge is -2.08. The molecule has 0 amide bonds. The van der Waals surface area contributed by atoms with E-state index in [4.69, 9.17) is 5.11 Å². The Bertz CT molecular complexity index is 314. The zero-order valence-electron chi connectivity index (χ0n) is 7.25. The van der Waals surface area contributed by atoms with Crippen LogP contribution in [0.2, 0.25) is 0 Å². The van der Waals surface area contributed by atoms with Gasteiger partial charge in [0.05, 0.1) is 12.2 Å². The molecule has 76 valence electrons. The molecule has 14 heavy (non-hydrogen) atoms. The molecule has 0 saturated carbocycles. The van der Waals surface area contributed by atoms with Gasteiger partial charge in [-0.15, -0.1) is 0 Å². The number of aliphatic hydroxyl groups is 1. The smallest absolute Gasteiger partial charge is 0.392 e. The Morgan fingerprint density at radius 2 is 1.79 bits per heavy atom. The molecule has 0 radical (unpaired) electrons. The van der Waals surface area contributed by atoms with E-state index in [1.54, 1.807) is 30.3 Å². The highest BCUT2D eigenvalue weighted by Gasteiger charge is 2.32. The molecular weight excluding hydrogens is 193 g/mol. The highest BCUT2D eigenvalue weighted by Crippen LogP contribution is 2.26. The second-order valence-electron chi connectivity index (χ2n) is 2.74. The lowest BCUT2D eigenvalue weighted by Crippen LogP contribution is -2.14. The topological polar surface area (TPSA) is 20.2 Å². The summed E-state index contributed by atoms with van der Waals surface area (Å²) in [6.07, 6.45) is -3.54. The highest BCUT2D eigenvalue weighted by atomic mass is 19.4. The summed E-state index contributed by atoms with van der Waals surface area (Å²) in [6.45, 7) is -1.00. The van der Waals surface area contributed by atoms with Crippen molar-refractivity contribution in [3.63, 3.8) is 0 Å². The van der Waals surface area contributed by atoms with Crippen LogP contribution in [-0.2, 0) is 0 Å². The summed E-state index contributed by atoms with van der Waals surface area (Å²) in [7, 11) is 0. The number of benzene rings is 1. The van der Waals surface area contributed by atoms with Gasteiger partial charge in [-0.3, -0.25) is 0 Å². The summed E-state index contributed by atoms with van der Waals surface area (Å²) in [5.41, 5.74) is -0.516. The molecule has 4 heteroatoms. The largest absolute Gasteiger partial charge is 0.414 e. The van der Waals surface area contributed by atoms with Crippen LogP contribution in [0.3, 0.4) is 0 Å². The van der Waals surface area contributed by atoms with Gasteiger partial charge in [-0.25, -0.2) is 0 Å². The minimum Gasteiger partial charge on any atom is -0.392 e. The van der Waals surface area contributed by atoms with Crippen molar-refractivity contribution in [2.24, 2.45) is 0 Å². The molecule has 0 bridgehead atoms. The molecule has 0 unspecified atom stereocenters. The molecule has 0 aromatic heterocycles. The van der Waals surface area contributed by atoms with E-state index < -0.39 is 18.4 Å². The van der Waals surface area contributed by atoms with Crippen molar-refractivity contribution in [1.82, 2.24) is 0 Å². The number of hydrogen-bond donors (Lipinski definition) is 1. The number of alkyl halides is 3. The molecular formula is C10H9F3O. The molecule has 1 rings (SSSR count). The molecule has 0 aliphatic rings. The van der Waals surface area contributed by atoms with Crippen LogP contribution in [0, 0.1) is 0 Å². The van der Waals surface area contributed by atoms with E-state index in [0.717, 1.165) is 6.08 Å². The maximum absolute atomic E-state index is 12.2. The van der Waals surface area contributed by atoms with Crippen molar-refractivity contribution >= 4 is 6.08 Å². The SMILES string of the molecule is OC/C(=C\c1ccccc1)C(F)(F)F. The van der Waals surface area contributed by atoms with Gasteiger partial charge in [-0.1, -0.05) is 30.3 Å². The van der Waals surface area contributed by atoms with Crippen molar-refractivity contribution in [2.45, 2.75) is 6.18 Å². The summed E-state index contributed by atoms with van der Waals surface area (Å²) in [6, 6.07) is 8.07. The van der Waals surface area contributed by atoms with Gasteiger partial charge in [0.15, 0.2) is 0 Å². The van der Waals surface area contributed by atoms with Crippen molar-refractivity contribution in [2.75, 3.05) is 6.61 Å². The van der Waals surface area contributed by atoms with E-state index in [2.05, 4.69) is 0 Å². The summed E-state index contributed by atoms with van der Waals surface area (Å²) < 4.78 is 36.5. The fraction of sp³-hybridized carbons (Fsp3) is 0.200. The number of aliphatic hydroxyl groups excluding tert-OH is 1. The standard InChI is InChI=1S/C10H9F3O/c11-10(12,13)9(7-14)6-8-4-2-1-3-5-8/h1-6,14H,7H2/b9-6+. The Kier molecular flexibility index (Phi) is 3.30. The molecule has 1 aromatic rings. The van der Waals surface area contributed by atoms with E-state index in [1.807, 2.05) is 0 Å². The first-order valence-corrected chi connectivity index (χ1v) is 3.97. The van der Waals surface area contributed by atoms with Gasteiger partial charge in [0.2, 0.25) is 0 Å². The van der Waals surface area contributed by atoms with Crippen LogP contribution in [0.5, 0.6) is 0 Å². The number of halogens is 3. The van der Waals surface area contributed by atoms with E-state index >= 15 is 0 Å². The van der Waals surface area contributed by atoms with E-state index in [9.17, 15) is 13.2 Å². The van der Waals surface area contributed by atoms with E-state index in [0.29, 0.717) is 5.56 Å². The quantitative estimate of drug-likeness (QED) is 0.781. The lowest BCUT2D eigenvalue weighted by atomic mass is 10.1. The first-order chi connectivity index (χ1) is 6.54. The monoisotopic (exact) mass is 202 g/mol. The Hall–Kier alpha value is -1.29. The highest BCUT2D eigenvalue weighted by molar-refractivity contribution is 5.54. The van der Waals surface area contributed by atoms with Crippen molar-refractivity contribution in [1.29, 1.82) is 0 Å².